The Labute approximate surface area is 170 Å². The van der Waals surface area contributed by atoms with Crippen molar-refractivity contribution in [2.24, 2.45) is 0 Å². The lowest BCUT2D eigenvalue weighted by atomic mass is 10.2. The number of nitrogens with one attached hydrogen (secondary N) is 1. The smallest absolute Gasteiger partial charge is 0.343 e. The Hall–Kier alpha value is -3.72. The predicted octanol–water partition coefficient (Wildman–Crippen LogP) is 3.86. The summed E-state index contributed by atoms with van der Waals surface area (Å²) in [7, 11) is 0. The monoisotopic (exact) mass is 414 g/mol. The number of nitro groups is 1. The molecule has 0 aliphatic heterocycles. The molecule has 10 heteroatoms. The van der Waals surface area contributed by atoms with Gasteiger partial charge in [-0.2, -0.15) is 5.10 Å². The number of rotatable bonds is 6. The van der Waals surface area contributed by atoms with Gasteiger partial charge < -0.3 is 10.1 Å². The molecule has 2 aromatic carbocycles. The van der Waals surface area contributed by atoms with Gasteiger partial charge in [-0.05, 0) is 25.1 Å². The number of ether oxygens (including phenoxy) is 1. The van der Waals surface area contributed by atoms with Crippen LogP contribution in [0.1, 0.15) is 27.6 Å². The number of aromatic nitrogens is 2. The lowest BCUT2D eigenvalue weighted by Crippen LogP contribution is -2.18. The van der Waals surface area contributed by atoms with Crippen LogP contribution in [-0.2, 0) is 4.74 Å². The first-order chi connectivity index (χ1) is 13.9. The average Bonchev–Trinajstić information content (AvgIpc) is 3.12. The molecule has 3 rings (SSSR count). The molecular weight excluding hydrogens is 400 g/mol. The summed E-state index contributed by atoms with van der Waals surface area (Å²) < 4.78 is 6.40. The van der Waals surface area contributed by atoms with Gasteiger partial charge in [-0.1, -0.05) is 29.8 Å². The highest BCUT2D eigenvalue weighted by Crippen LogP contribution is 2.26. The standard InChI is InChI=1S/C19H15ClN4O5/c1-2-29-19(26)15-11-21-23(12-6-4-3-5-7-12)17(15)22-18(25)14-9-8-13(24(27)28)10-16(14)20/h3-11H,2H2,1H3,(H,22,25). The Morgan fingerprint density at radius 2 is 1.93 bits per heavy atom. The zero-order chi connectivity index (χ0) is 21.0. The van der Waals surface area contributed by atoms with Gasteiger partial charge in [0.1, 0.15) is 5.56 Å². The fraction of sp³-hybridized carbons (Fsp3) is 0.105. The maximum absolute atomic E-state index is 12.8. The molecule has 0 fully saturated rings. The van der Waals surface area contributed by atoms with Crippen molar-refractivity contribution in [1.29, 1.82) is 0 Å². The molecule has 0 aliphatic rings. The van der Waals surface area contributed by atoms with Gasteiger partial charge in [0.2, 0.25) is 0 Å². The number of non-ortho nitro benzene ring substituents is 1. The summed E-state index contributed by atoms with van der Waals surface area (Å²) in [5.74, 6) is -1.22. The lowest BCUT2D eigenvalue weighted by molar-refractivity contribution is -0.384. The van der Waals surface area contributed by atoms with Crippen molar-refractivity contribution in [3.05, 3.63) is 81.0 Å². The Bertz CT molecular complexity index is 1080. The van der Waals surface area contributed by atoms with Crippen LogP contribution in [0, 0.1) is 10.1 Å². The summed E-state index contributed by atoms with van der Waals surface area (Å²) in [6, 6.07) is 12.3. The second kappa shape index (κ2) is 8.53. The summed E-state index contributed by atoms with van der Waals surface area (Å²) in [6.45, 7) is 1.81. The van der Waals surface area contributed by atoms with Gasteiger partial charge >= 0.3 is 5.97 Å². The summed E-state index contributed by atoms with van der Waals surface area (Å²) in [5.41, 5.74) is 0.427. The minimum Gasteiger partial charge on any atom is -0.462 e. The first kappa shape index (κ1) is 20.0. The van der Waals surface area contributed by atoms with E-state index in [2.05, 4.69) is 10.4 Å². The van der Waals surface area contributed by atoms with Crippen molar-refractivity contribution < 1.29 is 19.2 Å². The molecule has 0 bridgehead atoms. The normalized spacial score (nSPS) is 10.4. The third kappa shape index (κ3) is 4.25. The largest absolute Gasteiger partial charge is 0.462 e. The van der Waals surface area contributed by atoms with Crippen molar-refractivity contribution in [2.75, 3.05) is 11.9 Å². The highest BCUT2D eigenvalue weighted by molar-refractivity contribution is 6.34. The van der Waals surface area contributed by atoms with E-state index in [0.29, 0.717) is 5.69 Å². The molecule has 1 N–H and O–H groups in total. The SMILES string of the molecule is CCOC(=O)c1cnn(-c2ccccc2)c1NC(=O)c1ccc([N+](=O)[O-])cc1Cl. The fourth-order valence-corrected chi connectivity index (χ4v) is 2.83. The van der Waals surface area contributed by atoms with E-state index in [-0.39, 0.29) is 34.3 Å². The van der Waals surface area contributed by atoms with Crippen LogP contribution >= 0.6 is 11.6 Å². The third-order valence-electron chi connectivity index (χ3n) is 3.91. The van der Waals surface area contributed by atoms with Crippen LogP contribution in [0.4, 0.5) is 11.5 Å². The maximum Gasteiger partial charge on any atom is 0.343 e. The van der Waals surface area contributed by atoms with E-state index >= 15 is 0 Å². The van der Waals surface area contributed by atoms with Crippen molar-refractivity contribution >= 4 is 35.0 Å². The molecule has 3 aromatic rings. The van der Waals surface area contributed by atoms with Crippen molar-refractivity contribution in [3.63, 3.8) is 0 Å². The molecular formula is C19H15ClN4O5. The number of esters is 1. The molecule has 1 heterocycles. The van der Waals surface area contributed by atoms with Gasteiger partial charge in [0.15, 0.2) is 5.82 Å². The van der Waals surface area contributed by atoms with E-state index in [0.717, 1.165) is 6.07 Å². The zero-order valence-electron chi connectivity index (χ0n) is 15.2. The maximum atomic E-state index is 12.8. The quantitative estimate of drug-likeness (QED) is 0.372. The number of hydrogen-bond donors (Lipinski definition) is 1. The van der Waals surface area contributed by atoms with Gasteiger partial charge in [0, 0.05) is 12.1 Å². The Morgan fingerprint density at radius 1 is 1.21 bits per heavy atom. The van der Waals surface area contributed by atoms with Gasteiger partial charge in [-0.25, -0.2) is 9.48 Å². The number of carbonyl (C=O) groups excluding carboxylic acids is 2. The first-order valence-electron chi connectivity index (χ1n) is 8.48. The molecule has 0 saturated carbocycles. The number of nitrogens with zero attached hydrogens (tertiary/aromatic N) is 3. The summed E-state index contributed by atoms with van der Waals surface area (Å²) in [6.07, 6.45) is 1.29. The average molecular weight is 415 g/mol. The van der Waals surface area contributed by atoms with Crippen LogP contribution in [0.3, 0.4) is 0 Å². The second-order valence-corrected chi connectivity index (χ2v) is 6.16. The highest BCUT2D eigenvalue weighted by atomic mass is 35.5. The van der Waals surface area contributed by atoms with Crippen LogP contribution in [0.5, 0.6) is 0 Å². The van der Waals surface area contributed by atoms with Crippen LogP contribution in [0.25, 0.3) is 5.69 Å². The summed E-state index contributed by atoms with van der Waals surface area (Å²) in [4.78, 5) is 35.3. The number of amides is 1. The number of benzene rings is 2. The summed E-state index contributed by atoms with van der Waals surface area (Å²) in [5, 5.41) is 17.5. The highest BCUT2D eigenvalue weighted by Gasteiger charge is 2.23. The molecule has 1 amide bonds. The van der Waals surface area contributed by atoms with Crippen LogP contribution < -0.4 is 5.32 Å². The predicted molar refractivity (Wildman–Crippen MR) is 106 cm³/mol. The van der Waals surface area contributed by atoms with E-state index in [1.54, 1.807) is 31.2 Å². The van der Waals surface area contributed by atoms with Crippen molar-refractivity contribution in [2.45, 2.75) is 6.92 Å². The Kier molecular flexibility index (Phi) is 5.89. The third-order valence-corrected chi connectivity index (χ3v) is 4.22. The van der Waals surface area contributed by atoms with Gasteiger partial charge in [0.25, 0.3) is 11.6 Å². The number of nitro benzene ring substituents is 1. The molecule has 9 nitrogen and oxygen atoms in total. The molecule has 0 saturated heterocycles. The number of hydrogen-bond acceptors (Lipinski definition) is 6. The molecule has 0 radical (unpaired) electrons. The Morgan fingerprint density at radius 3 is 2.55 bits per heavy atom. The van der Waals surface area contributed by atoms with Crippen LogP contribution in [0.15, 0.2) is 54.7 Å². The zero-order valence-corrected chi connectivity index (χ0v) is 15.9. The van der Waals surface area contributed by atoms with Gasteiger partial charge in [0.05, 0.1) is 34.0 Å². The van der Waals surface area contributed by atoms with E-state index in [4.69, 9.17) is 16.3 Å². The van der Waals surface area contributed by atoms with Crippen LogP contribution in [0.2, 0.25) is 5.02 Å². The molecule has 0 spiro atoms. The fourth-order valence-electron chi connectivity index (χ4n) is 2.57. The van der Waals surface area contributed by atoms with E-state index in [1.165, 1.54) is 23.0 Å². The number of halogens is 1. The van der Waals surface area contributed by atoms with Crippen LogP contribution in [-0.4, -0.2) is 33.2 Å². The Balaban J connectivity index is 2.00. The molecule has 148 valence electrons. The van der Waals surface area contributed by atoms with E-state index < -0.39 is 16.8 Å². The number of anilines is 1. The summed E-state index contributed by atoms with van der Waals surface area (Å²) >= 11 is 6.04. The van der Waals surface area contributed by atoms with Gasteiger partial charge in [-0.3, -0.25) is 14.9 Å². The number of carbonyl (C=O) groups is 2. The van der Waals surface area contributed by atoms with Gasteiger partial charge in [-0.15, -0.1) is 0 Å². The van der Waals surface area contributed by atoms with E-state index in [9.17, 15) is 19.7 Å². The molecule has 0 atom stereocenters. The molecule has 1 aromatic heterocycles. The van der Waals surface area contributed by atoms with Crippen molar-refractivity contribution in [1.82, 2.24) is 9.78 Å². The minimum absolute atomic E-state index is 0.00730. The second-order valence-electron chi connectivity index (χ2n) is 5.75. The van der Waals surface area contributed by atoms with Crippen molar-refractivity contribution in [3.8, 4) is 5.69 Å². The number of para-hydroxylation sites is 1. The van der Waals surface area contributed by atoms with E-state index in [1.807, 2.05) is 6.07 Å². The first-order valence-corrected chi connectivity index (χ1v) is 8.86. The molecule has 0 unspecified atom stereocenters. The molecule has 0 aliphatic carbocycles. The molecule has 29 heavy (non-hydrogen) atoms. The minimum atomic E-state index is -0.659. The lowest BCUT2D eigenvalue weighted by Gasteiger charge is -2.11. The topological polar surface area (TPSA) is 116 Å².